The van der Waals surface area contributed by atoms with Crippen molar-refractivity contribution in [2.45, 2.75) is 44.7 Å². The third-order valence-corrected chi connectivity index (χ3v) is 5.01. The van der Waals surface area contributed by atoms with E-state index in [1.807, 2.05) is 0 Å². The third-order valence-electron chi connectivity index (χ3n) is 3.78. The number of rotatable bonds is 5. The summed E-state index contributed by atoms with van der Waals surface area (Å²) in [4.78, 5) is 36.7. The second-order valence-electron chi connectivity index (χ2n) is 5.35. The second-order valence-corrected chi connectivity index (χ2v) is 6.57. The lowest BCUT2D eigenvalue weighted by atomic mass is 10.1. The summed E-state index contributed by atoms with van der Waals surface area (Å²) < 4.78 is 0. The maximum absolute atomic E-state index is 11.8. The Balaban J connectivity index is 1.42. The third kappa shape index (κ3) is 3.24. The quantitative estimate of drug-likeness (QED) is 0.705. The fourth-order valence-electron chi connectivity index (χ4n) is 2.69. The summed E-state index contributed by atoms with van der Waals surface area (Å²) in [7, 11) is 0. The van der Waals surface area contributed by atoms with Crippen molar-refractivity contribution in [1.29, 1.82) is 0 Å². The molecule has 1 aliphatic carbocycles. The van der Waals surface area contributed by atoms with E-state index >= 15 is 0 Å². The molecule has 0 radical (unpaired) electrons. The molecule has 1 aromatic rings. The topological polar surface area (TPSA) is 87.3 Å². The summed E-state index contributed by atoms with van der Waals surface area (Å²) in [5, 5.41) is 7.50. The molecular formula is C14H17N3O3S. The van der Waals surface area contributed by atoms with Gasteiger partial charge in [0.15, 0.2) is 0 Å². The van der Waals surface area contributed by atoms with Crippen LogP contribution < -0.4 is 16.0 Å². The monoisotopic (exact) mass is 307 g/mol. The SMILES string of the molecule is O=C(CCC1NC(=O)NC1=O)NCc1cc2c(s1)CCC2. The zero-order valence-electron chi connectivity index (χ0n) is 11.5. The predicted molar refractivity (Wildman–Crippen MR) is 77.9 cm³/mol. The van der Waals surface area contributed by atoms with Gasteiger partial charge in [-0.1, -0.05) is 0 Å². The van der Waals surface area contributed by atoms with Gasteiger partial charge in [-0.2, -0.15) is 0 Å². The van der Waals surface area contributed by atoms with E-state index in [4.69, 9.17) is 0 Å². The Kier molecular flexibility index (Phi) is 3.92. The Morgan fingerprint density at radius 3 is 2.95 bits per heavy atom. The average Bonchev–Trinajstić information content (AvgIpc) is 3.08. The minimum Gasteiger partial charge on any atom is -0.351 e. The number of carbonyl (C=O) groups excluding carboxylic acids is 3. The number of imide groups is 1. The van der Waals surface area contributed by atoms with E-state index in [0.717, 1.165) is 12.8 Å². The van der Waals surface area contributed by atoms with Crippen LogP contribution in [-0.4, -0.2) is 23.9 Å². The van der Waals surface area contributed by atoms with Crippen molar-refractivity contribution < 1.29 is 14.4 Å². The van der Waals surface area contributed by atoms with Crippen LogP contribution in [0.5, 0.6) is 0 Å². The van der Waals surface area contributed by atoms with Crippen molar-refractivity contribution in [2.24, 2.45) is 0 Å². The number of nitrogens with one attached hydrogen (secondary N) is 3. The molecule has 0 aromatic carbocycles. The van der Waals surface area contributed by atoms with Crippen LogP contribution in [0.4, 0.5) is 4.79 Å². The first-order valence-electron chi connectivity index (χ1n) is 7.10. The van der Waals surface area contributed by atoms with Crippen molar-refractivity contribution in [1.82, 2.24) is 16.0 Å². The predicted octanol–water partition coefficient (Wildman–Crippen LogP) is 0.841. The molecule has 0 bridgehead atoms. The van der Waals surface area contributed by atoms with Crippen LogP contribution in [-0.2, 0) is 29.0 Å². The highest BCUT2D eigenvalue weighted by atomic mass is 32.1. The molecule has 1 saturated heterocycles. The highest BCUT2D eigenvalue weighted by Gasteiger charge is 2.29. The van der Waals surface area contributed by atoms with Gasteiger partial charge < -0.3 is 10.6 Å². The molecule has 0 saturated carbocycles. The maximum Gasteiger partial charge on any atom is 0.322 e. The summed E-state index contributed by atoms with van der Waals surface area (Å²) in [6.07, 6.45) is 4.09. The summed E-state index contributed by atoms with van der Waals surface area (Å²) >= 11 is 1.77. The minimum absolute atomic E-state index is 0.0995. The number of amides is 4. The van der Waals surface area contributed by atoms with Crippen LogP contribution in [0.2, 0.25) is 0 Å². The van der Waals surface area contributed by atoms with Gasteiger partial charge in [-0.15, -0.1) is 11.3 Å². The molecule has 3 rings (SSSR count). The van der Waals surface area contributed by atoms with Crippen molar-refractivity contribution in [2.75, 3.05) is 0 Å². The molecule has 1 unspecified atom stereocenters. The zero-order chi connectivity index (χ0) is 14.8. The van der Waals surface area contributed by atoms with Crippen LogP contribution in [0.15, 0.2) is 6.07 Å². The Bertz CT molecular complexity index is 575. The fraction of sp³-hybridized carbons (Fsp3) is 0.500. The normalized spacial score (nSPS) is 20.1. The van der Waals surface area contributed by atoms with E-state index in [1.54, 1.807) is 11.3 Å². The van der Waals surface area contributed by atoms with E-state index in [1.165, 1.54) is 21.7 Å². The van der Waals surface area contributed by atoms with Crippen molar-refractivity contribution in [3.8, 4) is 0 Å². The number of thiophene rings is 1. The molecule has 21 heavy (non-hydrogen) atoms. The molecule has 0 spiro atoms. The number of carbonyl (C=O) groups is 3. The van der Waals surface area contributed by atoms with E-state index in [9.17, 15) is 14.4 Å². The van der Waals surface area contributed by atoms with Gasteiger partial charge in [0.25, 0.3) is 5.91 Å². The van der Waals surface area contributed by atoms with Crippen molar-refractivity contribution in [3.05, 3.63) is 21.4 Å². The Morgan fingerprint density at radius 2 is 2.24 bits per heavy atom. The highest BCUT2D eigenvalue weighted by molar-refractivity contribution is 7.12. The second kappa shape index (κ2) is 5.85. The van der Waals surface area contributed by atoms with Gasteiger partial charge in [-0.25, -0.2) is 4.79 Å². The molecule has 7 heteroatoms. The summed E-state index contributed by atoms with van der Waals surface area (Å²) in [6.45, 7) is 0.541. The van der Waals surface area contributed by atoms with E-state index in [0.29, 0.717) is 13.0 Å². The molecule has 2 heterocycles. The average molecular weight is 307 g/mol. The lowest BCUT2D eigenvalue weighted by molar-refractivity contribution is -0.122. The smallest absolute Gasteiger partial charge is 0.322 e. The highest BCUT2D eigenvalue weighted by Crippen LogP contribution is 2.30. The van der Waals surface area contributed by atoms with Crippen molar-refractivity contribution in [3.63, 3.8) is 0 Å². The summed E-state index contributed by atoms with van der Waals surface area (Å²) in [6, 6.07) is 1.10. The first-order valence-corrected chi connectivity index (χ1v) is 7.92. The first kappa shape index (κ1) is 14.1. The summed E-state index contributed by atoms with van der Waals surface area (Å²) in [5.74, 6) is -0.458. The van der Waals surface area contributed by atoms with Gasteiger partial charge in [0.1, 0.15) is 6.04 Å². The minimum atomic E-state index is -0.589. The molecule has 112 valence electrons. The molecule has 6 nitrogen and oxygen atoms in total. The standard InChI is InChI=1S/C14H17N3O3S/c18-12(5-4-10-13(19)17-14(20)16-10)15-7-9-6-8-2-1-3-11(8)21-9/h6,10H,1-5,7H2,(H,15,18)(H2,16,17,19,20). The van der Waals surface area contributed by atoms with Gasteiger partial charge in [0.2, 0.25) is 5.91 Å². The number of fused-ring (bicyclic) bond motifs is 1. The lowest BCUT2D eigenvalue weighted by Gasteiger charge is -2.07. The van der Waals surface area contributed by atoms with E-state index < -0.39 is 12.1 Å². The fourth-order valence-corrected chi connectivity index (χ4v) is 3.89. The zero-order valence-corrected chi connectivity index (χ0v) is 12.3. The van der Waals surface area contributed by atoms with Crippen LogP contribution in [0.1, 0.15) is 34.6 Å². The number of hydrogen-bond acceptors (Lipinski definition) is 4. The van der Waals surface area contributed by atoms with Crippen LogP contribution in [0.25, 0.3) is 0 Å². The van der Waals surface area contributed by atoms with E-state index in [2.05, 4.69) is 22.0 Å². The maximum atomic E-state index is 11.8. The summed E-state index contributed by atoms with van der Waals surface area (Å²) in [5.41, 5.74) is 1.43. The number of aryl methyl sites for hydroxylation is 2. The Hall–Kier alpha value is -1.89. The Labute approximate surface area is 126 Å². The van der Waals surface area contributed by atoms with Crippen LogP contribution in [0.3, 0.4) is 0 Å². The van der Waals surface area contributed by atoms with Crippen molar-refractivity contribution >= 4 is 29.2 Å². The first-order chi connectivity index (χ1) is 10.1. The lowest BCUT2D eigenvalue weighted by Crippen LogP contribution is -2.31. The molecule has 1 aliphatic heterocycles. The molecular weight excluding hydrogens is 290 g/mol. The van der Waals surface area contributed by atoms with Gasteiger partial charge in [0, 0.05) is 16.2 Å². The van der Waals surface area contributed by atoms with Crippen LogP contribution in [0, 0.1) is 0 Å². The van der Waals surface area contributed by atoms with Gasteiger partial charge in [-0.3, -0.25) is 14.9 Å². The molecule has 1 atom stereocenters. The number of hydrogen-bond donors (Lipinski definition) is 3. The Morgan fingerprint density at radius 1 is 1.38 bits per heavy atom. The van der Waals surface area contributed by atoms with Gasteiger partial charge >= 0.3 is 6.03 Å². The largest absolute Gasteiger partial charge is 0.351 e. The molecule has 1 fully saturated rings. The molecule has 2 aliphatic rings. The molecule has 3 N–H and O–H groups in total. The van der Waals surface area contributed by atoms with Gasteiger partial charge in [-0.05, 0) is 37.3 Å². The van der Waals surface area contributed by atoms with E-state index in [-0.39, 0.29) is 18.2 Å². The molecule has 4 amide bonds. The van der Waals surface area contributed by atoms with Gasteiger partial charge in [0.05, 0.1) is 6.54 Å². The van der Waals surface area contributed by atoms with Crippen LogP contribution >= 0.6 is 11.3 Å². The number of urea groups is 1. The molecule has 1 aromatic heterocycles.